The molecule has 0 radical (unpaired) electrons. The summed E-state index contributed by atoms with van der Waals surface area (Å²) in [5.74, 6) is -0.574. The molecule has 13 atom stereocenters. The smallest absolute Gasteiger partial charge is 0.335 e. The van der Waals surface area contributed by atoms with Crippen LogP contribution in [0.5, 0.6) is 0 Å². The summed E-state index contributed by atoms with van der Waals surface area (Å²) in [6, 6.07) is 0. The van der Waals surface area contributed by atoms with Crippen LogP contribution in [0.15, 0.2) is 11.6 Å². The highest BCUT2D eigenvalue weighted by Gasteiger charge is 2.72. The van der Waals surface area contributed by atoms with Crippen LogP contribution >= 0.6 is 0 Å². The molecule has 7 rings (SSSR count). The minimum atomic E-state index is -1.75. The van der Waals surface area contributed by atoms with Crippen LogP contribution in [0, 0.1) is 56.2 Å². The highest BCUT2D eigenvalue weighted by Crippen LogP contribution is 2.78. The van der Waals surface area contributed by atoms with E-state index in [1.807, 2.05) is 0 Å². The third-order valence-corrected chi connectivity index (χ3v) is 16.7. The molecule has 0 bridgehead atoms. The van der Waals surface area contributed by atoms with Gasteiger partial charge in [0.15, 0.2) is 12.4 Å². The quantitative estimate of drug-likeness (QED) is 0.165. The average molecular weight is 687 g/mol. The molecule has 9 heteroatoms. The molecule has 0 aromatic rings. The van der Waals surface area contributed by atoms with Crippen molar-refractivity contribution >= 4 is 11.9 Å². The molecular weight excluding hydrogens is 624 g/mol. The lowest BCUT2D eigenvalue weighted by Gasteiger charge is -2.73. The van der Waals surface area contributed by atoms with Gasteiger partial charge in [-0.15, -0.1) is 0 Å². The van der Waals surface area contributed by atoms with Gasteiger partial charge in [0.05, 0.1) is 11.5 Å². The number of hydrogen-bond donors (Lipinski definition) is 5. The number of rotatable bonds is 5. The van der Waals surface area contributed by atoms with Crippen LogP contribution in [-0.2, 0) is 19.1 Å². The predicted molar refractivity (Wildman–Crippen MR) is 182 cm³/mol. The molecule has 6 aliphatic carbocycles. The van der Waals surface area contributed by atoms with Gasteiger partial charge in [0.2, 0.25) is 0 Å². The largest absolute Gasteiger partial charge is 0.481 e. The Hall–Kier alpha value is -1.52. The fourth-order valence-electron chi connectivity index (χ4n) is 14.2. The zero-order valence-corrected chi connectivity index (χ0v) is 30.6. The van der Waals surface area contributed by atoms with E-state index in [9.17, 15) is 35.1 Å². The molecule has 0 amide bonds. The first kappa shape index (κ1) is 35.9. The van der Waals surface area contributed by atoms with Crippen molar-refractivity contribution in [2.75, 3.05) is 0 Å². The highest BCUT2D eigenvalue weighted by atomic mass is 16.7. The second-order valence-corrected chi connectivity index (χ2v) is 19.5. The van der Waals surface area contributed by atoms with Gasteiger partial charge in [-0.3, -0.25) is 4.79 Å². The van der Waals surface area contributed by atoms with E-state index in [0.29, 0.717) is 24.2 Å². The number of aliphatic hydroxyl groups is 3. The van der Waals surface area contributed by atoms with Crippen LogP contribution in [0.25, 0.3) is 0 Å². The Morgan fingerprint density at radius 2 is 1.47 bits per heavy atom. The van der Waals surface area contributed by atoms with E-state index < -0.39 is 48.1 Å². The normalized spacial score (nSPS) is 50.6. The van der Waals surface area contributed by atoms with E-state index in [2.05, 4.69) is 47.6 Å². The summed E-state index contributed by atoms with van der Waals surface area (Å²) in [5, 5.41) is 52.0. The lowest BCUT2D eigenvalue weighted by Crippen LogP contribution is -2.67. The molecule has 0 aromatic heterocycles. The number of ether oxygens (including phenoxy) is 2. The maximum absolute atomic E-state index is 13.3. The van der Waals surface area contributed by atoms with Gasteiger partial charge >= 0.3 is 11.9 Å². The maximum Gasteiger partial charge on any atom is 0.335 e. The summed E-state index contributed by atoms with van der Waals surface area (Å²) in [7, 11) is 0. The second-order valence-electron chi connectivity index (χ2n) is 19.5. The molecule has 1 aliphatic heterocycles. The Kier molecular flexibility index (Phi) is 8.60. The van der Waals surface area contributed by atoms with Crippen LogP contribution in [0.1, 0.15) is 131 Å². The van der Waals surface area contributed by atoms with E-state index in [1.165, 1.54) is 31.3 Å². The lowest BCUT2D eigenvalue weighted by atomic mass is 9.31. The molecule has 6 fully saturated rings. The second kappa shape index (κ2) is 11.7. The van der Waals surface area contributed by atoms with E-state index in [1.54, 1.807) is 0 Å². The van der Waals surface area contributed by atoms with Crippen molar-refractivity contribution in [2.45, 2.75) is 168 Å². The first-order valence-corrected chi connectivity index (χ1v) is 19.4. The van der Waals surface area contributed by atoms with Crippen molar-refractivity contribution in [2.24, 2.45) is 56.2 Å². The Bertz CT molecular complexity index is 1370. The molecule has 0 spiro atoms. The van der Waals surface area contributed by atoms with Gasteiger partial charge in [0, 0.05) is 5.41 Å². The Labute approximate surface area is 292 Å². The topological polar surface area (TPSA) is 154 Å². The van der Waals surface area contributed by atoms with Gasteiger partial charge in [-0.2, -0.15) is 0 Å². The summed E-state index contributed by atoms with van der Waals surface area (Å²) >= 11 is 0. The molecular formula is C40H62O9. The van der Waals surface area contributed by atoms with Gasteiger partial charge in [-0.1, -0.05) is 66.0 Å². The molecule has 7 aliphatic rings. The summed E-state index contributed by atoms with van der Waals surface area (Å²) in [5.41, 5.74) is 0.724. The van der Waals surface area contributed by atoms with Crippen molar-refractivity contribution in [3.8, 4) is 0 Å². The Balaban J connectivity index is 1.23. The number of carboxylic acids is 2. The maximum atomic E-state index is 13.3. The number of carbonyl (C=O) groups is 2. The van der Waals surface area contributed by atoms with E-state index in [4.69, 9.17) is 9.47 Å². The number of carboxylic acid groups (broad SMARTS) is 2. The lowest BCUT2D eigenvalue weighted by molar-refractivity contribution is -0.324. The van der Waals surface area contributed by atoms with Gasteiger partial charge in [-0.05, 0) is 122 Å². The van der Waals surface area contributed by atoms with Gasteiger partial charge in [0.1, 0.15) is 18.3 Å². The minimum Gasteiger partial charge on any atom is -0.481 e. The van der Waals surface area contributed by atoms with Crippen LogP contribution in [0.2, 0.25) is 0 Å². The number of aliphatic hydroxyl groups excluding tert-OH is 3. The van der Waals surface area contributed by atoms with Crippen molar-refractivity contribution in [3.63, 3.8) is 0 Å². The molecule has 5 saturated carbocycles. The molecule has 1 saturated heterocycles. The zero-order chi connectivity index (χ0) is 35.5. The first-order valence-electron chi connectivity index (χ1n) is 19.4. The van der Waals surface area contributed by atoms with Crippen molar-refractivity contribution in [1.82, 2.24) is 0 Å². The Morgan fingerprint density at radius 3 is 2.12 bits per heavy atom. The van der Waals surface area contributed by atoms with Crippen LogP contribution < -0.4 is 0 Å². The summed E-state index contributed by atoms with van der Waals surface area (Å²) in [4.78, 5) is 25.0. The van der Waals surface area contributed by atoms with Crippen LogP contribution in [0.4, 0.5) is 0 Å². The van der Waals surface area contributed by atoms with Gasteiger partial charge < -0.3 is 35.0 Å². The number of fused-ring (bicyclic) bond motifs is 7. The first-order chi connectivity index (χ1) is 22.9. The molecule has 1 heterocycles. The average Bonchev–Trinajstić information content (AvgIpc) is 3.57. The van der Waals surface area contributed by atoms with Crippen molar-refractivity contribution in [3.05, 3.63) is 11.6 Å². The third-order valence-electron chi connectivity index (χ3n) is 16.7. The van der Waals surface area contributed by atoms with Crippen LogP contribution in [-0.4, -0.2) is 74.3 Å². The fraction of sp³-hybridized carbons (Fsp3) is 0.900. The van der Waals surface area contributed by atoms with E-state index in [-0.39, 0.29) is 39.1 Å². The number of aliphatic carboxylic acids is 2. The molecule has 5 N–H and O–H groups in total. The Morgan fingerprint density at radius 1 is 0.796 bits per heavy atom. The van der Waals surface area contributed by atoms with E-state index >= 15 is 0 Å². The minimum absolute atomic E-state index is 0.00249. The van der Waals surface area contributed by atoms with Gasteiger partial charge in [0.25, 0.3) is 0 Å². The summed E-state index contributed by atoms with van der Waals surface area (Å²) in [6.07, 6.45) is 8.35. The zero-order valence-electron chi connectivity index (χ0n) is 30.6. The molecule has 0 aromatic carbocycles. The van der Waals surface area contributed by atoms with E-state index in [0.717, 1.165) is 57.8 Å². The molecule has 0 unspecified atom stereocenters. The predicted octanol–water partition coefficient (Wildman–Crippen LogP) is 6.32. The molecule has 49 heavy (non-hydrogen) atoms. The number of allylic oxidation sites excluding steroid dienone is 2. The standard InChI is InChI=1S/C40H62O9/c1-35(2)17-18-39(34(46)47)19-20-40(22-9-7-8-10-22)23(24(39)21-35)11-12-26-37(5)15-14-27(36(3,4)25(37)13-16-38(26,40)6)48-33-30(43)28(41)29(42)31(49-33)32(44)45/h11,22,24-31,33,41-43H,7-10,12-21H2,1-6H3,(H,44,45)(H,46,47)/t24-,25-,26+,27-,28-,29-,30+,31-,33+,37-,38+,39-,40-/m0/s1. The van der Waals surface area contributed by atoms with Crippen molar-refractivity contribution in [1.29, 1.82) is 0 Å². The van der Waals surface area contributed by atoms with Gasteiger partial charge in [-0.25, -0.2) is 4.79 Å². The molecule has 276 valence electrons. The highest BCUT2D eigenvalue weighted by molar-refractivity contribution is 5.77. The number of hydrogen-bond acceptors (Lipinski definition) is 7. The third kappa shape index (κ3) is 4.94. The summed E-state index contributed by atoms with van der Waals surface area (Å²) in [6.45, 7) is 14.3. The SMILES string of the molecule is CC1(C)CC[C@]2(C(=O)O)CC[C@]3(C4CCCC4)C(=CC[C@@H]4[C@@]5(C)CC[C@H](O[C@@H]6O[C@H](C(=O)O)[C@@H](O)[C@H](O)[C@H]6O)C(C)(C)[C@@H]5CC[C@]43C)[C@@H]2C1. The monoisotopic (exact) mass is 686 g/mol. The fourth-order valence-corrected chi connectivity index (χ4v) is 14.2. The van der Waals surface area contributed by atoms with Crippen LogP contribution in [0.3, 0.4) is 0 Å². The summed E-state index contributed by atoms with van der Waals surface area (Å²) < 4.78 is 12.0. The molecule has 9 nitrogen and oxygen atoms in total. The van der Waals surface area contributed by atoms with Crippen molar-refractivity contribution < 1.29 is 44.6 Å².